The van der Waals surface area contributed by atoms with Gasteiger partial charge in [-0.25, -0.2) is 4.99 Å². The van der Waals surface area contributed by atoms with Gasteiger partial charge in [0.2, 0.25) is 0 Å². The van der Waals surface area contributed by atoms with Crippen molar-refractivity contribution in [1.29, 1.82) is 5.41 Å². The zero-order valence-corrected chi connectivity index (χ0v) is 7.80. The molecule has 0 saturated heterocycles. The molecule has 1 aromatic rings. The Kier molecular flexibility index (Phi) is 2.11. The molecule has 3 N–H and O–H groups in total. The number of alkyl halides is 3. The third kappa shape index (κ3) is 1.83. The lowest BCUT2D eigenvalue weighted by molar-refractivity contribution is -0.274. The Balaban J connectivity index is 2.36. The molecule has 1 aromatic carbocycles. The zero-order valence-electron chi connectivity index (χ0n) is 7.80. The summed E-state index contributed by atoms with van der Waals surface area (Å²) in [6.45, 7) is 0. The first kappa shape index (κ1) is 10.5. The van der Waals surface area contributed by atoms with Crippen molar-refractivity contribution in [2.75, 3.05) is 0 Å². The first-order valence-corrected chi connectivity index (χ1v) is 4.20. The lowest BCUT2D eigenvalue weighted by Gasteiger charge is -2.09. The molecule has 1 aliphatic rings. The highest BCUT2D eigenvalue weighted by Gasteiger charge is 2.31. The molecule has 0 aliphatic carbocycles. The number of hydrogen-bond acceptors (Lipinski definition) is 3. The molecule has 1 heterocycles. The van der Waals surface area contributed by atoms with E-state index in [0.717, 1.165) is 12.1 Å². The van der Waals surface area contributed by atoms with Crippen LogP contribution < -0.4 is 10.5 Å². The molecule has 0 aromatic heterocycles. The minimum atomic E-state index is -4.75. The fourth-order valence-electron chi connectivity index (χ4n) is 1.38. The monoisotopic (exact) mass is 229 g/mol. The highest BCUT2D eigenvalue weighted by molar-refractivity contribution is 6.20. The molecule has 0 atom stereocenters. The quantitative estimate of drug-likeness (QED) is 0.768. The van der Waals surface area contributed by atoms with Crippen LogP contribution in [0.5, 0.6) is 5.75 Å². The second-order valence-electron chi connectivity index (χ2n) is 3.10. The van der Waals surface area contributed by atoms with Gasteiger partial charge in [0.1, 0.15) is 11.6 Å². The lowest BCUT2D eigenvalue weighted by atomic mass is 10.1. The number of rotatable bonds is 1. The molecule has 0 spiro atoms. The van der Waals surface area contributed by atoms with Crippen molar-refractivity contribution >= 4 is 11.7 Å². The lowest BCUT2D eigenvalue weighted by Crippen LogP contribution is -2.17. The van der Waals surface area contributed by atoms with Crippen molar-refractivity contribution in [2.45, 2.75) is 6.36 Å². The molecule has 16 heavy (non-hydrogen) atoms. The summed E-state index contributed by atoms with van der Waals surface area (Å²) in [6.07, 6.45) is -4.75. The van der Waals surface area contributed by atoms with E-state index >= 15 is 0 Å². The predicted octanol–water partition coefficient (Wildman–Crippen LogP) is 1.63. The third-order valence-electron chi connectivity index (χ3n) is 1.99. The van der Waals surface area contributed by atoms with E-state index in [1.165, 1.54) is 6.07 Å². The smallest absolute Gasteiger partial charge is 0.406 e. The van der Waals surface area contributed by atoms with Crippen LogP contribution in [0.1, 0.15) is 11.1 Å². The summed E-state index contributed by atoms with van der Waals surface area (Å²) in [5.74, 6) is -0.431. The number of hydrogen-bond donors (Lipinski definition) is 2. The van der Waals surface area contributed by atoms with Gasteiger partial charge in [0.25, 0.3) is 0 Å². The van der Waals surface area contributed by atoms with Crippen LogP contribution in [-0.2, 0) is 0 Å². The second kappa shape index (κ2) is 3.22. The van der Waals surface area contributed by atoms with Crippen LogP contribution in [0.2, 0.25) is 0 Å². The van der Waals surface area contributed by atoms with Gasteiger partial charge in [-0.3, -0.25) is 5.41 Å². The Morgan fingerprint density at radius 1 is 1.25 bits per heavy atom. The standard InChI is InChI=1S/C9H6F3N3O/c10-9(11,12)16-4-1-2-5-6(3-4)8(14)15-7(5)13/h1-3H,(H3,13,14,15). The molecule has 1 aliphatic heterocycles. The Morgan fingerprint density at radius 2 is 1.94 bits per heavy atom. The Morgan fingerprint density at radius 3 is 2.56 bits per heavy atom. The molecular formula is C9H6F3N3O. The van der Waals surface area contributed by atoms with Crippen molar-refractivity contribution < 1.29 is 17.9 Å². The van der Waals surface area contributed by atoms with Gasteiger partial charge in [-0.15, -0.1) is 13.2 Å². The first-order valence-electron chi connectivity index (χ1n) is 4.20. The van der Waals surface area contributed by atoms with Gasteiger partial charge in [-0.05, 0) is 18.2 Å². The van der Waals surface area contributed by atoms with E-state index < -0.39 is 6.36 Å². The maximum Gasteiger partial charge on any atom is 0.573 e. The Bertz CT molecular complexity index is 493. The molecule has 0 radical (unpaired) electrons. The summed E-state index contributed by atoms with van der Waals surface area (Å²) in [6, 6.07) is 3.57. The number of halogens is 3. The summed E-state index contributed by atoms with van der Waals surface area (Å²) < 4.78 is 39.5. The minimum absolute atomic E-state index is 0.124. The van der Waals surface area contributed by atoms with Crippen LogP contribution in [0, 0.1) is 5.41 Å². The van der Waals surface area contributed by atoms with E-state index in [1.54, 1.807) is 0 Å². The maximum absolute atomic E-state index is 11.9. The van der Waals surface area contributed by atoms with Gasteiger partial charge >= 0.3 is 6.36 Å². The molecular weight excluding hydrogens is 223 g/mol. The number of aliphatic imine (C=N–C) groups is 1. The zero-order chi connectivity index (χ0) is 11.9. The summed E-state index contributed by atoms with van der Waals surface area (Å²) in [5, 5.41) is 7.38. The molecule has 84 valence electrons. The van der Waals surface area contributed by atoms with Gasteiger partial charge < -0.3 is 10.5 Å². The average Bonchev–Trinajstić information content (AvgIpc) is 2.40. The van der Waals surface area contributed by atoms with Crippen LogP contribution in [0.25, 0.3) is 0 Å². The Hall–Kier alpha value is -2.05. The van der Waals surface area contributed by atoms with Crippen LogP contribution in [-0.4, -0.2) is 18.0 Å². The normalized spacial score (nSPS) is 14.7. The molecule has 7 heteroatoms. The molecule has 0 saturated carbocycles. The molecule has 2 rings (SSSR count). The summed E-state index contributed by atoms with van der Waals surface area (Å²) in [5.41, 5.74) is 6.14. The van der Waals surface area contributed by atoms with E-state index in [-0.39, 0.29) is 23.0 Å². The average molecular weight is 229 g/mol. The largest absolute Gasteiger partial charge is 0.573 e. The summed E-state index contributed by atoms with van der Waals surface area (Å²) in [4.78, 5) is 3.64. The van der Waals surface area contributed by atoms with Crippen LogP contribution >= 0.6 is 0 Å². The van der Waals surface area contributed by atoms with Crippen molar-refractivity contribution in [3.8, 4) is 5.75 Å². The Labute approximate surface area is 88.1 Å². The molecule has 0 fully saturated rings. The number of nitrogens with two attached hydrogens (primary N) is 1. The number of benzene rings is 1. The molecule has 0 unspecified atom stereocenters. The maximum atomic E-state index is 11.9. The van der Waals surface area contributed by atoms with Crippen LogP contribution in [0.15, 0.2) is 23.2 Å². The van der Waals surface area contributed by atoms with E-state index in [2.05, 4.69) is 9.73 Å². The van der Waals surface area contributed by atoms with E-state index in [4.69, 9.17) is 11.1 Å². The van der Waals surface area contributed by atoms with Gasteiger partial charge in [-0.1, -0.05) is 0 Å². The SMILES string of the molecule is N=C1N=C(N)c2ccc(OC(F)(F)F)cc21. The molecule has 0 bridgehead atoms. The number of nitrogens with zero attached hydrogens (tertiary/aromatic N) is 1. The number of amidine groups is 2. The summed E-state index contributed by atoms with van der Waals surface area (Å²) in [7, 11) is 0. The van der Waals surface area contributed by atoms with Crippen molar-refractivity contribution in [1.82, 2.24) is 0 Å². The number of fused-ring (bicyclic) bond motifs is 1. The highest BCUT2D eigenvalue weighted by atomic mass is 19.4. The van der Waals surface area contributed by atoms with Gasteiger partial charge in [0.05, 0.1) is 0 Å². The van der Waals surface area contributed by atoms with Crippen molar-refractivity contribution in [3.63, 3.8) is 0 Å². The van der Waals surface area contributed by atoms with Gasteiger partial charge in [-0.2, -0.15) is 0 Å². The predicted molar refractivity (Wildman–Crippen MR) is 50.7 cm³/mol. The van der Waals surface area contributed by atoms with E-state index in [1.807, 2.05) is 0 Å². The van der Waals surface area contributed by atoms with E-state index in [0.29, 0.717) is 5.56 Å². The highest BCUT2D eigenvalue weighted by Crippen LogP contribution is 2.27. The minimum Gasteiger partial charge on any atom is -0.406 e. The van der Waals surface area contributed by atoms with E-state index in [9.17, 15) is 13.2 Å². The first-order chi connectivity index (χ1) is 7.37. The summed E-state index contributed by atoms with van der Waals surface area (Å²) >= 11 is 0. The van der Waals surface area contributed by atoms with Crippen molar-refractivity contribution in [3.05, 3.63) is 29.3 Å². The molecule has 4 nitrogen and oxygen atoms in total. The third-order valence-corrected chi connectivity index (χ3v) is 1.99. The number of ether oxygens (including phenoxy) is 1. The van der Waals surface area contributed by atoms with Gasteiger partial charge in [0.15, 0.2) is 5.84 Å². The number of nitrogens with one attached hydrogen (secondary N) is 1. The van der Waals surface area contributed by atoms with Crippen LogP contribution in [0.3, 0.4) is 0 Å². The second-order valence-corrected chi connectivity index (χ2v) is 3.10. The van der Waals surface area contributed by atoms with Crippen LogP contribution in [0.4, 0.5) is 13.2 Å². The van der Waals surface area contributed by atoms with Gasteiger partial charge in [0, 0.05) is 11.1 Å². The van der Waals surface area contributed by atoms with Crippen molar-refractivity contribution in [2.24, 2.45) is 10.7 Å². The topological polar surface area (TPSA) is 71.5 Å². The molecule has 0 amide bonds. The fraction of sp³-hybridized carbons (Fsp3) is 0.111. The fourth-order valence-corrected chi connectivity index (χ4v) is 1.38.